The van der Waals surface area contributed by atoms with Gasteiger partial charge in [0.15, 0.2) is 0 Å². The van der Waals surface area contributed by atoms with Gasteiger partial charge in [0, 0.05) is 31.2 Å². The molecular weight excluding hydrogens is 208 g/mol. The van der Waals surface area contributed by atoms with Crippen molar-refractivity contribution in [2.24, 2.45) is 5.92 Å². The molecule has 0 spiro atoms. The van der Waals surface area contributed by atoms with Crippen LogP contribution >= 0.6 is 0 Å². The molecule has 1 aliphatic heterocycles. The summed E-state index contributed by atoms with van der Waals surface area (Å²) in [5.74, 6) is 0.878. The molecule has 1 heterocycles. The third kappa shape index (κ3) is 3.96. The maximum Gasteiger partial charge on any atom is 0.0278 e. The third-order valence-electron chi connectivity index (χ3n) is 4.73. The van der Waals surface area contributed by atoms with Gasteiger partial charge < -0.3 is 5.32 Å². The van der Waals surface area contributed by atoms with E-state index in [-0.39, 0.29) is 0 Å². The first kappa shape index (κ1) is 15.0. The van der Waals surface area contributed by atoms with E-state index in [9.17, 15) is 0 Å². The minimum absolute atomic E-state index is 0.331. The van der Waals surface area contributed by atoms with Crippen LogP contribution < -0.4 is 5.32 Å². The van der Waals surface area contributed by atoms with Crippen molar-refractivity contribution in [1.82, 2.24) is 10.2 Å². The second-order valence-electron chi connectivity index (χ2n) is 5.97. The Morgan fingerprint density at radius 2 is 1.88 bits per heavy atom. The van der Waals surface area contributed by atoms with E-state index in [1.165, 1.54) is 45.3 Å². The largest absolute Gasteiger partial charge is 0.309 e. The molecule has 1 rings (SSSR count). The lowest BCUT2D eigenvalue weighted by atomic mass is 9.91. The Labute approximate surface area is 108 Å². The van der Waals surface area contributed by atoms with Gasteiger partial charge in [-0.1, -0.05) is 40.5 Å². The Kier molecular flexibility index (Phi) is 5.94. The lowest BCUT2D eigenvalue weighted by molar-refractivity contribution is 0.0661. The van der Waals surface area contributed by atoms with Crippen molar-refractivity contribution in [3.8, 4) is 0 Å². The summed E-state index contributed by atoms with van der Waals surface area (Å²) in [6, 6.07) is 0.746. The monoisotopic (exact) mass is 240 g/mol. The molecule has 17 heavy (non-hydrogen) atoms. The number of nitrogens with one attached hydrogen (secondary N) is 1. The van der Waals surface area contributed by atoms with Crippen molar-refractivity contribution in [1.29, 1.82) is 0 Å². The van der Waals surface area contributed by atoms with E-state index < -0.39 is 0 Å². The van der Waals surface area contributed by atoms with Gasteiger partial charge in [0.1, 0.15) is 0 Å². The van der Waals surface area contributed by atoms with Gasteiger partial charge in [-0.25, -0.2) is 0 Å². The van der Waals surface area contributed by atoms with Crippen molar-refractivity contribution in [2.45, 2.75) is 71.9 Å². The Morgan fingerprint density at radius 3 is 2.35 bits per heavy atom. The normalized spacial score (nSPS) is 31.1. The average Bonchev–Trinajstić information content (AvgIpc) is 2.36. The van der Waals surface area contributed by atoms with Gasteiger partial charge in [-0.2, -0.15) is 0 Å². The molecule has 0 aromatic carbocycles. The predicted octanol–water partition coefficient (Wildman–Crippen LogP) is 3.28. The van der Waals surface area contributed by atoms with Crippen LogP contribution in [0.15, 0.2) is 0 Å². The second kappa shape index (κ2) is 6.75. The van der Waals surface area contributed by atoms with Crippen LogP contribution in [0, 0.1) is 5.92 Å². The molecule has 0 saturated carbocycles. The van der Waals surface area contributed by atoms with Crippen LogP contribution in [0.4, 0.5) is 0 Å². The molecule has 1 fully saturated rings. The predicted molar refractivity (Wildman–Crippen MR) is 76.4 cm³/mol. The number of hydrogen-bond acceptors (Lipinski definition) is 2. The van der Waals surface area contributed by atoms with Gasteiger partial charge in [0.25, 0.3) is 0 Å². The van der Waals surface area contributed by atoms with E-state index in [2.05, 4.69) is 44.8 Å². The molecule has 1 aliphatic rings. The van der Waals surface area contributed by atoms with E-state index in [0.29, 0.717) is 5.54 Å². The standard InChI is InChI=1S/C15H32N2/c1-6-13(7-2)11-17-12-15(5,9-4)16-10-14(17)8-3/h13-14,16H,6-12H2,1-5H3. The van der Waals surface area contributed by atoms with Crippen LogP contribution in [0.2, 0.25) is 0 Å². The molecule has 2 atom stereocenters. The summed E-state index contributed by atoms with van der Waals surface area (Å²) in [5.41, 5.74) is 0.331. The Balaban J connectivity index is 2.63. The van der Waals surface area contributed by atoms with Crippen molar-refractivity contribution in [2.75, 3.05) is 19.6 Å². The summed E-state index contributed by atoms with van der Waals surface area (Å²) in [6.07, 6.45) is 5.13. The Hall–Kier alpha value is -0.0800. The topological polar surface area (TPSA) is 15.3 Å². The van der Waals surface area contributed by atoms with Gasteiger partial charge in [0.2, 0.25) is 0 Å². The third-order valence-corrected chi connectivity index (χ3v) is 4.73. The minimum Gasteiger partial charge on any atom is -0.309 e. The molecular formula is C15H32N2. The quantitative estimate of drug-likeness (QED) is 0.766. The minimum atomic E-state index is 0.331. The van der Waals surface area contributed by atoms with Gasteiger partial charge in [-0.05, 0) is 25.7 Å². The van der Waals surface area contributed by atoms with Crippen molar-refractivity contribution in [3.63, 3.8) is 0 Å². The van der Waals surface area contributed by atoms with Gasteiger partial charge in [0.05, 0.1) is 0 Å². The fraction of sp³-hybridized carbons (Fsp3) is 1.00. The van der Waals surface area contributed by atoms with E-state index in [1.54, 1.807) is 0 Å². The van der Waals surface area contributed by atoms with Crippen molar-refractivity contribution in [3.05, 3.63) is 0 Å². The van der Waals surface area contributed by atoms with E-state index >= 15 is 0 Å². The highest BCUT2D eigenvalue weighted by Gasteiger charge is 2.34. The van der Waals surface area contributed by atoms with E-state index in [1.807, 2.05) is 0 Å². The molecule has 1 N–H and O–H groups in total. The Morgan fingerprint density at radius 1 is 1.24 bits per heavy atom. The molecule has 0 radical (unpaired) electrons. The highest BCUT2D eigenvalue weighted by molar-refractivity contribution is 4.94. The van der Waals surface area contributed by atoms with Crippen LogP contribution in [0.1, 0.15) is 60.3 Å². The molecule has 2 unspecified atom stereocenters. The molecule has 0 bridgehead atoms. The van der Waals surface area contributed by atoms with Crippen LogP contribution in [0.3, 0.4) is 0 Å². The van der Waals surface area contributed by atoms with E-state index in [4.69, 9.17) is 0 Å². The summed E-state index contributed by atoms with van der Waals surface area (Å²) in [4.78, 5) is 2.75. The first-order valence-corrected chi connectivity index (χ1v) is 7.57. The summed E-state index contributed by atoms with van der Waals surface area (Å²) >= 11 is 0. The fourth-order valence-electron chi connectivity index (χ4n) is 2.86. The van der Waals surface area contributed by atoms with Crippen LogP contribution in [0.25, 0.3) is 0 Å². The number of piperazine rings is 1. The lowest BCUT2D eigenvalue weighted by Crippen LogP contribution is -2.63. The maximum absolute atomic E-state index is 3.74. The molecule has 2 heteroatoms. The zero-order valence-corrected chi connectivity index (χ0v) is 12.6. The molecule has 0 aromatic rings. The SMILES string of the molecule is CCC(CC)CN1CC(C)(CC)NCC1CC. The van der Waals surface area contributed by atoms with Crippen molar-refractivity contribution < 1.29 is 0 Å². The van der Waals surface area contributed by atoms with Gasteiger partial charge in [-0.15, -0.1) is 0 Å². The molecule has 0 aliphatic carbocycles. The van der Waals surface area contributed by atoms with Crippen LogP contribution in [-0.4, -0.2) is 36.1 Å². The number of hydrogen-bond donors (Lipinski definition) is 1. The zero-order valence-electron chi connectivity index (χ0n) is 12.6. The fourth-order valence-corrected chi connectivity index (χ4v) is 2.86. The van der Waals surface area contributed by atoms with Gasteiger partial charge >= 0.3 is 0 Å². The molecule has 0 amide bonds. The lowest BCUT2D eigenvalue weighted by Gasteiger charge is -2.47. The first-order chi connectivity index (χ1) is 8.08. The smallest absolute Gasteiger partial charge is 0.0278 e. The highest BCUT2D eigenvalue weighted by Crippen LogP contribution is 2.22. The Bertz CT molecular complexity index is 213. The first-order valence-electron chi connectivity index (χ1n) is 7.57. The molecule has 102 valence electrons. The van der Waals surface area contributed by atoms with Gasteiger partial charge in [-0.3, -0.25) is 4.90 Å². The molecule has 2 nitrogen and oxygen atoms in total. The molecule has 0 aromatic heterocycles. The van der Waals surface area contributed by atoms with Crippen molar-refractivity contribution >= 4 is 0 Å². The van der Waals surface area contributed by atoms with Crippen LogP contribution in [-0.2, 0) is 0 Å². The highest BCUT2D eigenvalue weighted by atomic mass is 15.2. The average molecular weight is 240 g/mol. The molecule has 1 saturated heterocycles. The zero-order chi connectivity index (χ0) is 12.9. The maximum atomic E-state index is 3.74. The van der Waals surface area contributed by atoms with E-state index in [0.717, 1.165) is 12.0 Å². The summed E-state index contributed by atoms with van der Waals surface area (Å²) in [7, 11) is 0. The summed E-state index contributed by atoms with van der Waals surface area (Å²) in [5, 5.41) is 3.74. The number of nitrogens with zero attached hydrogens (tertiary/aromatic N) is 1. The second-order valence-corrected chi connectivity index (χ2v) is 5.97. The van der Waals surface area contributed by atoms with Crippen LogP contribution in [0.5, 0.6) is 0 Å². The summed E-state index contributed by atoms with van der Waals surface area (Å²) < 4.78 is 0. The summed E-state index contributed by atoms with van der Waals surface area (Å²) in [6.45, 7) is 15.3. The number of rotatable bonds is 6.